The van der Waals surface area contributed by atoms with Crippen LogP contribution in [0, 0.1) is 0 Å². The molecule has 3 N–H and O–H groups in total. The van der Waals surface area contributed by atoms with Gasteiger partial charge in [-0.05, 0) is 6.07 Å². The van der Waals surface area contributed by atoms with E-state index in [2.05, 4.69) is 10.3 Å². The van der Waals surface area contributed by atoms with Crippen LogP contribution in [0.4, 0.5) is 0 Å². The molecule has 0 saturated heterocycles. The van der Waals surface area contributed by atoms with E-state index in [0.717, 1.165) is 0 Å². The Balaban J connectivity index is 2.71. The molecule has 0 radical (unpaired) electrons. The first-order chi connectivity index (χ1) is 6.24. The summed E-state index contributed by atoms with van der Waals surface area (Å²) < 4.78 is 0. The predicted molar refractivity (Wildman–Crippen MR) is 46.5 cm³/mol. The Labute approximate surface area is 74.4 Å². The average molecular weight is 182 g/mol. The van der Waals surface area contributed by atoms with E-state index in [-0.39, 0.29) is 24.4 Å². The van der Waals surface area contributed by atoms with Crippen molar-refractivity contribution in [2.75, 3.05) is 13.2 Å². The summed E-state index contributed by atoms with van der Waals surface area (Å²) in [4.78, 5) is 24.3. The van der Waals surface area contributed by atoms with Gasteiger partial charge in [-0.25, -0.2) is 0 Å². The Morgan fingerprint density at radius 3 is 2.92 bits per heavy atom. The summed E-state index contributed by atoms with van der Waals surface area (Å²) in [5, 5.41) is 10.8. The summed E-state index contributed by atoms with van der Waals surface area (Å²) in [7, 11) is 0. The van der Waals surface area contributed by atoms with Crippen LogP contribution in [-0.2, 0) is 0 Å². The minimum Gasteiger partial charge on any atom is -0.395 e. The molecule has 0 saturated carbocycles. The summed E-state index contributed by atoms with van der Waals surface area (Å²) in [6.07, 6.45) is 0. The number of hydrogen-bond donors (Lipinski definition) is 3. The zero-order valence-corrected chi connectivity index (χ0v) is 6.91. The number of aliphatic hydroxyl groups is 1. The number of pyridine rings is 1. The van der Waals surface area contributed by atoms with Crippen molar-refractivity contribution < 1.29 is 9.90 Å². The number of carbonyl (C=O) groups is 1. The van der Waals surface area contributed by atoms with Gasteiger partial charge in [0.25, 0.3) is 5.91 Å². The van der Waals surface area contributed by atoms with Gasteiger partial charge in [0.2, 0.25) is 5.56 Å². The van der Waals surface area contributed by atoms with Crippen molar-refractivity contribution in [1.82, 2.24) is 10.3 Å². The van der Waals surface area contributed by atoms with Crippen molar-refractivity contribution >= 4 is 5.91 Å². The van der Waals surface area contributed by atoms with Gasteiger partial charge in [0, 0.05) is 12.6 Å². The first kappa shape index (κ1) is 9.47. The van der Waals surface area contributed by atoms with Gasteiger partial charge < -0.3 is 15.4 Å². The first-order valence-electron chi connectivity index (χ1n) is 3.82. The van der Waals surface area contributed by atoms with Crippen molar-refractivity contribution in [2.45, 2.75) is 0 Å². The maximum Gasteiger partial charge on any atom is 0.267 e. The fraction of sp³-hybridized carbons (Fsp3) is 0.250. The minimum atomic E-state index is -0.397. The Hall–Kier alpha value is -1.62. The van der Waals surface area contributed by atoms with E-state index < -0.39 is 5.91 Å². The number of rotatable bonds is 3. The molecule has 5 heteroatoms. The molecule has 70 valence electrons. The van der Waals surface area contributed by atoms with E-state index in [1.807, 2.05) is 0 Å². The highest BCUT2D eigenvalue weighted by molar-refractivity contribution is 5.92. The second-order valence-electron chi connectivity index (χ2n) is 2.41. The molecule has 0 aliphatic carbocycles. The molecule has 0 aliphatic heterocycles. The van der Waals surface area contributed by atoms with Crippen LogP contribution in [0.15, 0.2) is 23.0 Å². The number of aromatic amines is 1. The Morgan fingerprint density at radius 1 is 1.54 bits per heavy atom. The number of amides is 1. The standard InChI is InChI=1S/C8H10N2O3/c11-5-4-9-8(13)6-2-1-3-7(12)10-6/h1-3,11H,4-5H2,(H,9,13)(H,10,12). The lowest BCUT2D eigenvalue weighted by Gasteiger charge is -2.01. The number of nitrogens with one attached hydrogen (secondary N) is 2. The highest BCUT2D eigenvalue weighted by Gasteiger charge is 2.03. The summed E-state index contributed by atoms with van der Waals surface area (Å²) in [5.41, 5.74) is -0.127. The quantitative estimate of drug-likeness (QED) is 0.566. The second-order valence-corrected chi connectivity index (χ2v) is 2.41. The monoisotopic (exact) mass is 182 g/mol. The average Bonchev–Trinajstić information content (AvgIpc) is 2.14. The zero-order valence-electron chi connectivity index (χ0n) is 6.91. The van der Waals surface area contributed by atoms with Gasteiger partial charge in [-0.1, -0.05) is 6.07 Å². The molecule has 13 heavy (non-hydrogen) atoms. The summed E-state index contributed by atoms with van der Waals surface area (Å²) >= 11 is 0. The predicted octanol–water partition coefficient (Wildman–Crippen LogP) is -0.903. The van der Waals surface area contributed by atoms with E-state index in [1.54, 1.807) is 0 Å². The number of aliphatic hydroxyl groups excluding tert-OH is 1. The molecule has 0 aromatic carbocycles. The van der Waals surface area contributed by atoms with Crippen molar-refractivity contribution in [1.29, 1.82) is 0 Å². The summed E-state index contributed by atoms with van der Waals surface area (Å²) in [6, 6.07) is 4.31. The molecule has 1 amide bonds. The van der Waals surface area contributed by atoms with Gasteiger partial charge in [-0.15, -0.1) is 0 Å². The molecule has 1 rings (SSSR count). The molecule has 1 heterocycles. The van der Waals surface area contributed by atoms with Crippen LogP contribution in [-0.4, -0.2) is 29.1 Å². The maximum atomic E-state index is 11.2. The molecule has 0 aliphatic rings. The van der Waals surface area contributed by atoms with E-state index >= 15 is 0 Å². The first-order valence-corrected chi connectivity index (χ1v) is 3.82. The SMILES string of the molecule is O=C(NCCO)c1cccc(=O)[nH]1. The van der Waals surface area contributed by atoms with Gasteiger partial charge >= 0.3 is 0 Å². The van der Waals surface area contributed by atoms with E-state index in [1.165, 1.54) is 18.2 Å². The van der Waals surface area contributed by atoms with Gasteiger partial charge in [0.1, 0.15) is 5.69 Å². The number of H-pyrrole nitrogens is 1. The molecule has 5 nitrogen and oxygen atoms in total. The Morgan fingerprint density at radius 2 is 2.31 bits per heavy atom. The number of aromatic nitrogens is 1. The van der Waals surface area contributed by atoms with Gasteiger partial charge in [0.05, 0.1) is 6.61 Å². The molecular formula is C8H10N2O3. The van der Waals surface area contributed by atoms with Gasteiger partial charge in [-0.2, -0.15) is 0 Å². The summed E-state index contributed by atoms with van der Waals surface area (Å²) in [5.74, 6) is -0.397. The van der Waals surface area contributed by atoms with Crippen molar-refractivity contribution in [3.05, 3.63) is 34.2 Å². The molecule has 0 unspecified atom stereocenters. The minimum absolute atomic E-state index is 0.122. The number of hydrogen-bond acceptors (Lipinski definition) is 3. The molecule has 0 bridgehead atoms. The third-order valence-corrected chi connectivity index (χ3v) is 1.41. The fourth-order valence-corrected chi connectivity index (χ4v) is 0.845. The van der Waals surface area contributed by atoms with Crippen molar-refractivity contribution in [3.8, 4) is 0 Å². The smallest absolute Gasteiger partial charge is 0.267 e. The van der Waals surface area contributed by atoms with E-state index in [4.69, 9.17) is 5.11 Å². The molecule has 0 spiro atoms. The number of carbonyl (C=O) groups excluding carboxylic acids is 1. The van der Waals surface area contributed by atoms with Crippen molar-refractivity contribution in [2.24, 2.45) is 0 Å². The molecule has 0 fully saturated rings. The van der Waals surface area contributed by atoms with Crippen LogP contribution in [0.5, 0.6) is 0 Å². The van der Waals surface area contributed by atoms with Gasteiger partial charge in [-0.3, -0.25) is 9.59 Å². The summed E-state index contributed by atoms with van der Waals surface area (Å²) in [6.45, 7) is 0.0541. The lowest BCUT2D eigenvalue weighted by Crippen LogP contribution is -2.28. The molecule has 1 aromatic rings. The van der Waals surface area contributed by atoms with Gasteiger partial charge in [0.15, 0.2) is 0 Å². The third kappa shape index (κ3) is 2.72. The van der Waals surface area contributed by atoms with Crippen LogP contribution >= 0.6 is 0 Å². The Kier molecular flexibility index (Phi) is 3.22. The largest absolute Gasteiger partial charge is 0.395 e. The van der Waals surface area contributed by atoms with Crippen LogP contribution < -0.4 is 10.9 Å². The molecule has 1 aromatic heterocycles. The molecular weight excluding hydrogens is 172 g/mol. The van der Waals surface area contributed by atoms with E-state index in [0.29, 0.717) is 0 Å². The highest BCUT2D eigenvalue weighted by atomic mass is 16.3. The lowest BCUT2D eigenvalue weighted by atomic mass is 10.3. The van der Waals surface area contributed by atoms with Crippen LogP contribution in [0.2, 0.25) is 0 Å². The van der Waals surface area contributed by atoms with Crippen molar-refractivity contribution in [3.63, 3.8) is 0 Å². The van der Waals surface area contributed by atoms with Crippen LogP contribution in [0.1, 0.15) is 10.5 Å². The molecule has 0 atom stereocenters. The van der Waals surface area contributed by atoms with Crippen LogP contribution in [0.3, 0.4) is 0 Å². The topological polar surface area (TPSA) is 82.2 Å². The fourth-order valence-electron chi connectivity index (χ4n) is 0.845. The Bertz CT molecular complexity index is 345. The second kappa shape index (κ2) is 4.42. The van der Waals surface area contributed by atoms with E-state index in [9.17, 15) is 9.59 Å². The highest BCUT2D eigenvalue weighted by Crippen LogP contribution is 1.88. The normalized spacial score (nSPS) is 9.62. The zero-order chi connectivity index (χ0) is 9.68. The lowest BCUT2D eigenvalue weighted by molar-refractivity contribution is 0.0939. The van der Waals surface area contributed by atoms with Crippen LogP contribution in [0.25, 0.3) is 0 Å². The third-order valence-electron chi connectivity index (χ3n) is 1.41. The maximum absolute atomic E-state index is 11.2.